The maximum atomic E-state index is 11.9. The molecule has 4 heteroatoms. The molecule has 1 aromatic rings. The van der Waals surface area contributed by atoms with Crippen LogP contribution in [-0.2, 0) is 9.59 Å². The molecule has 1 aliphatic heterocycles. The Morgan fingerprint density at radius 1 is 1.31 bits per heavy atom. The number of hydrogen-bond acceptors (Lipinski definition) is 3. The summed E-state index contributed by atoms with van der Waals surface area (Å²) in [5, 5.41) is 5.42. The van der Waals surface area contributed by atoms with Gasteiger partial charge in [-0.2, -0.15) is 10.1 Å². The molecule has 0 aliphatic carbocycles. The normalized spacial score (nSPS) is 19.9. The number of ketones is 1. The smallest absolute Gasteiger partial charge is 0.263 e. The maximum absolute atomic E-state index is 11.9. The van der Waals surface area contributed by atoms with Crippen LogP contribution in [0.15, 0.2) is 35.4 Å². The summed E-state index contributed by atoms with van der Waals surface area (Å²) in [5.41, 5.74) is 1.25. The fourth-order valence-electron chi connectivity index (χ4n) is 1.79. The molecule has 0 bridgehead atoms. The lowest BCUT2D eigenvalue weighted by molar-refractivity contribution is -0.127. The second-order valence-corrected chi connectivity index (χ2v) is 3.77. The van der Waals surface area contributed by atoms with E-state index in [9.17, 15) is 9.59 Å². The van der Waals surface area contributed by atoms with Gasteiger partial charge in [-0.1, -0.05) is 18.2 Å². The molecule has 1 heterocycles. The molecule has 0 saturated heterocycles. The molecule has 82 valence electrons. The molecule has 1 aliphatic rings. The van der Waals surface area contributed by atoms with Crippen molar-refractivity contribution in [2.75, 3.05) is 5.01 Å². The van der Waals surface area contributed by atoms with Gasteiger partial charge in [0.05, 0.1) is 11.4 Å². The first-order chi connectivity index (χ1) is 7.61. The lowest BCUT2D eigenvalue weighted by atomic mass is 10.0. The quantitative estimate of drug-likeness (QED) is 0.705. The summed E-state index contributed by atoms with van der Waals surface area (Å²) in [7, 11) is 0. The molecular weight excluding hydrogens is 204 g/mol. The monoisotopic (exact) mass is 216 g/mol. The molecule has 1 amide bonds. The van der Waals surface area contributed by atoms with E-state index < -0.39 is 5.92 Å². The molecule has 0 saturated carbocycles. The van der Waals surface area contributed by atoms with Crippen molar-refractivity contribution in [3.8, 4) is 0 Å². The fraction of sp³-hybridized carbons (Fsp3) is 0.250. The number of nitrogens with zero attached hydrogens (tertiary/aromatic N) is 2. The van der Waals surface area contributed by atoms with Crippen molar-refractivity contribution in [1.29, 1.82) is 0 Å². The van der Waals surface area contributed by atoms with Crippen LogP contribution in [0.25, 0.3) is 0 Å². The topological polar surface area (TPSA) is 49.7 Å². The van der Waals surface area contributed by atoms with Gasteiger partial charge in [-0.3, -0.25) is 9.59 Å². The van der Waals surface area contributed by atoms with Crippen molar-refractivity contribution in [1.82, 2.24) is 0 Å². The minimum Gasteiger partial charge on any atom is -0.299 e. The Hall–Kier alpha value is -1.97. The number of carbonyl (C=O) groups is 2. The van der Waals surface area contributed by atoms with Crippen LogP contribution in [0.3, 0.4) is 0 Å². The van der Waals surface area contributed by atoms with E-state index in [1.165, 1.54) is 11.9 Å². The summed E-state index contributed by atoms with van der Waals surface area (Å²) < 4.78 is 0. The summed E-state index contributed by atoms with van der Waals surface area (Å²) in [6.07, 6.45) is 0. The van der Waals surface area contributed by atoms with Crippen LogP contribution < -0.4 is 5.01 Å². The van der Waals surface area contributed by atoms with Crippen LogP contribution in [0, 0.1) is 5.92 Å². The number of anilines is 1. The standard InChI is InChI=1S/C12H12N2O2/c1-8-11(9(2)15)12(16)14(13-8)10-6-4-3-5-7-10/h3-7,11H,1-2H3. The summed E-state index contributed by atoms with van der Waals surface area (Å²) in [5.74, 6) is -1.14. The van der Waals surface area contributed by atoms with E-state index in [4.69, 9.17) is 0 Å². The van der Waals surface area contributed by atoms with Gasteiger partial charge in [-0.15, -0.1) is 0 Å². The van der Waals surface area contributed by atoms with Crippen LogP contribution >= 0.6 is 0 Å². The zero-order chi connectivity index (χ0) is 11.7. The van der Waals surface area contributed by atoms with E-state index in [0.29, 0.717) is 11.4 Å². The Bertz CT molecular complexity index is 465. The van der Waals surface area contributed by atoms with E-state index in [1.807, 2.05) is 18.2 Å². The third-order valence-electron chi connectivity index (χ3n) is 2.54. The Morgan fingerprint density at radius 3 is 2.44 bits per heavy atom. The average molecular weight is 216 g/mol. The van der Waals surface area contributed by atoms with Crippen LogP contribution in [0.5, 0.6) is 0 Å². The van der Waals surface area contributed by atoms with Crippen molar-refractivity contribution in [3.05, 3.63) is 30.3 Å². The highest BCUT2D eigenvalue weighted by Crippen LogP contribution is 2.23. The molecule has 1 unspecified atom stereocenters. The van der Waals surface area contributed by atoms with Crippen molar-refractivity contribution in [2.24, 2.45) is 11.0 Å². The van der Waals surface area contributed by atoms with Gasteiger partial charge in [0, 0.05) is 0 Å². The lowest BCUT2D eigenvalue weighted by Gasteiger charge is -2.12. The number of Topliss-reactive ketones (excluding diaryl/α,β-unsaturated/α-hetero) is 1. The molecule has 16 heavy (non-hydrogen) atoms. The predicted molar refractivity (Wildman–Crippen MR) is 61.2 cm³/mol. The average Bonchev–Trinajstić information content (AvgIpc) is 2.55. The van der Waals surface area contributed by atoms with E-state index in [0.717, 1.165) is 0 Å². The highest BCUT2D eigenvalue weighted by atomic mass is 16.2. The Kier molecular flexibility index (Phi) is 2.56. The molecule has 2 rings (SSSR count). The van der Waals surface area contributed by atoms with Crippen LogP contribution in [-0.4, -0.2) is 17.4 Å². The van der Waals surface area contributed by atoms with Gasteiger partial charge in [0.15, 0.2) is 0 Å². The summed E-state index contributed by atoms with van der Waals surface area (Å²) in [6.45, 7) is 3.11. The van der Waals surface area contributed by atoms with Gasteiger partial charge in [0.25, 0.3) is 5.91 Å². The number of rotatable bonds is 2. The lowest BCUT2D eigenvalue weighted by Crippen LogP contribution is -2.31. The third-order valence-corrected chi connectivity index (χ3v) is 2.54. The maximum Gasteiger partial charge on any atom is 0.263 e. The first-order valence-corrected chi connectivity index (χ1v) is 5.06. The first kappa shape index (κ1) is 10.5. The Labute approximate surface area is 93.6 Å². The summed E-state index contributed by atoms with van der Waals surface area (Å²) in [6, 6.07) is 9.10. The number of hydrazone groups is 1. The van der Waals surface area contributed by atoms with Crippen molar-refractivity contribution in [2.45, 2.75) is 13.8 Å². The van der Waals surface area contributed by atoms with Crippen LogP contribution in [0.2, 0.25) is 0 Å². The molecule has 1 aromatic carbocycles. The molecule has 0 N–H and O–H groups in total. The zero-order valence-electron chi connectivity index (χ0n) is 9.18. The molecular formula is C12H12N2O2. The van der Waals surface area contributed by atoms with E-state index >= 15 is 0 Å². The fourth-order valence-corrected chi connectivity index (χ4v) is 1.79. The molecule has 0 spiro atoms. The van der Waals surface area contributed by atoms with Gasteiger partial charge < -0.3 is 0 Å². The predicted octanol–water partition coefficient (Wildman–Crippen LogP) is 1.61. The highest BCUT2D eigenvalue weighted by molar-refractivity contribution is 6.26. The zero-order valence-corrected chi connectivity index (χ0v) is 9.18. The molecule has 0 fully saturated rings. The number of para-hydroxylation sites is 1. The largest absolute Gasteiger partial charge is 0.299 e. The second-order valence-electron chi connectivity index (χ2n) is 3.77. The van der Waals surface area contributed by atoms with E-state index in [-0.39, 0.29) is 11.7 Å². The van der Waals surface area contributed by atoms with Gasteiger partial charge >= 0.3 is 0 Å². The summed E-state index contributed by atoms with van der Waals surface area (Å²) in [4.78, 5) is 23.3. The number of amides is 1. The minimum absolute atomic E-state index is 0.162. The van der Waals surface area contributed by atoms with Crippen molar-refractivity contribution < 1.29 is 9.59 Å². The minimum atomic E-state index is -0.708. The SMILES string of the molecule is CC(=O)C1C(=O)N(c2ccccc2)N=C1C. The van der Waals surface area contributed by atoms with Crippen LogP contribution in [0.1, 0.15) is 13.8 Å². The van der Waals surface area contributed by atoms with Gasteiger partial charge in [0.2, 0.25) is 0 Å². The highest BCUT2D eigenvalue weighted by Gasteiger charge is 2.37. The second kappa shape index (κ2) is 3.89. The number of hydrogen-bond donors (Lipinski definition) is 0. The van der Waals surface area contributed by atoms with Crippen molar-refractivity contribution in [3.63, 3.8) is 0 Å². The van der Waals surface area contributed by atoms with E-state index in [1.54, 1.807) is 19.1 Å². The van der Waals surface area contributed by atoms with Crippen LogP contribution in [0.4, 0.5) is 5.69 Å². The summed E-state index contributed by atoms with van der Waals surface area (Å²) >= 11 is 0. The first-order valence-electron chi connectivity index (χ1n) is 5.06. The van der Waals surface area contributed by atoms with Crippen molar-refractivity contribution >= 4 is 23.1 Å². The van der Waals surface area contributed by atoms with E-state index in [2.05, 4.69) is 5.10 Å². The molecule has 1 atom stereocenters. The van der Waals surface area contributed by atoms with Gasteiger partial charge in [0.1, 0.15) is 11.7 Å². The molecule has 0 aromatic heterocycles. The number of benzene rings is 1. The van der Waals surface area contributed by atoms with Gasteiger partial charge in [-0.05, 0) is 26.0 Å². The molecule has 4 nitrogen and oxygen atoms in total. The Morgan fingerprint density at radius 2 is 1.94 bits per heavy atom. The van der Waals surface area contributed by atoms with Gasteiger partial charge in [-0.25, -0.2) is 0 Å². The molecule has 0 radical (unpaired) electrons. The third kappa shape index (κ3) is 1.62. The number of carbonyl (C=O) groups excluding carboxylic acids is 2. The Balaban J connectivity index is 2.35.